The van der Waals surface area contributed by atoms with Gasteiger partial charge in [-0.05, 0) is 51.9 Å². The molecule has 0 aliphatic carbocycles. The Labute approximate surface area is 121 Å². The first kappa shape index (κ1) is 14.9. The highest BCUT2D eigenvalue weighted by Crippen LogP contribution is 2.21. The van der Waals surface area contributed by atoms with Crippen LogP contribution in [0.2, 0.25) is 0 Å². The molecular formula is C16H25N3O. The van der Waals surface area contributed by atoms with Crippen molar-refractivity contribution in [3.8, 4) is 0 Å². The zero-order valence-electron chi connectivity index (χ0n) is 12.9. The predicted molar refractivity (Wildman–Crippen MR) is 80.8 cm³/mol. The quantitative estimate of drug-likeness (QED) is 0.842. The van der Waals surface area contributed by atoms with Gasteiger partial charge < -0.3 is 9.73 Å². The molecule has 0 fully saturated rings. The van der Waals surface area contributed by atoms with Crippen molar-refractivity contribution in [2.45, 2.75) is 53.1 Å². The molecule has 4 nitrogen and oxygen atoms in total. The Bertz CT molecular complexity index is 542. The van der Waals surface area contributed by atoms with Gasteiger partial charge in [-0.25, -0.2) is 0 Å². The average Bonchev–Trinajstić information content (AvgIpc) is 3.00. The zero-order valence-corrected chi connectivity index (χ0v) is 12.9. The van der Waals surface area contributed by atoms with Gasteiger partial charge in [-0.15, -0.1) is 0 Å². The summed E-state index contributed by atoms with van der Waals surface area (Å²) in [6.07, 6.45) is 2.02. The molecule has 4 heteroatoms. The molecule has 0 saturated heterocycles. The van der Waals surface area contributed by atoms with Crippen LogP contribution in [-0.4, -0.2) is 16.3 Å². The van der Waals surface area contributed by atoms with E-state index in [4.69, 9.17) is 4.42 Å². The molecule has 0 aromatic carbocycles. The van der Waals surface area contributed by atoms with Crippen molar-refractivity contribution in [1.29, 1.82) is 0 Å². The van der Waals surface area contributed by atoms with E-state index < -0.39 is 0 Å². The Balaban J connectivity index is 2.18. The molecule has 20 heavy (non-hydrogen) atoms. The maximum atomic E-state index is 5.80. The summed E-state index contributed by atoms with van der Waals surface area (Å²) < 4.78 is 7.88. The summed E-state index contributed by atoms with van der Waals surface area (Å²) in [5.74, 6) is 1.97. The van der Waals surface area contributed by atoms with E-state index in [9.17, 15) is 0 Å². The van der Waals surface area contributed by atoms with Crippen LogP contribution < -0.4 is 5.32 Å². The van der Waals surface area contributed by atoms with Gasteiger partial charge in [-0.2, -0.15) is 5.10 Å². The van der Waals surface area contributed by atoms with Gasteiger partial charge in [0.15, 0.2) is 0 Å². The third-order valence-electron chi connectivity index (χ3n) is 3.44. The van der Waals surface area contributed by atoms with Crippen molar-refractivity contribution in [3.05, 3.63) is 41.1 Å². The summed E-state index contributed by atoms with van der Waals surface area (Å²) >= 11 is 0. The van der Waals surface area contributed by atoms with Crippen molar-refractivity contribution in [2.75, 3.05) is 6.54 Å². The first-order chi connectivity index (χ1) is 9.63. The minimum atomic E-state index is 0.213. The molecule has 110 valence electrons. The van der Waals surface area contributed by atoms with E-state index in [2.05, 4.69) is 41.1 Å². The van der Waals surface area contributed by atoms with Crippen LogP contribution in [0.5, 0.6) is 0 Å². The Hall–Kier alpha value is -1.55. The molecule has 1 atom stereocenters. The molecular weight excluding hydrogens is 250 g/mol. The fourth-order valence-electron chi connectivity index (χ4n) is 2.48. The van der Waals surface area contributed by atoms with E-state index >= 15 is 0 Å². The third-order valence-corrected chi connectivity index (χ3v) is 3.44. The van der Waals surface area contributed by atoms with Crippen LogP contribution in [-0.2, 0) is 13.0 Å². The van der Waals surface area contributed by atoms with Crippen molar-refractivity contribution >= 4 is 0 Å². The molecule has 0 radical (unpaired) electrons. The van der Waals surface area contributed by atoms with E-state index in [1.54, 1.807) is 0 Å². The van der Waals surface area contributed by atoms with E-state index in [1.165, 1.54) is 5.69 Å². The van der Waals surface area contributed by atoms with Gasteiger partial charge in [0, 0.05) is 18.7 Å². The lowest BCUT2D eigenvalue weighted by Gasteiger charge is -2.17. The highest BCUT2D eigenvalue weighted by molar-refractivity contribution is 5.16. The molecule has 0 aliphatic rings. The standard InChI is InChI=1S/C16H25N3O/c1-5-9-17-15(16-8-7-13(4)20-16)11-14-10-12(3)18-19(14)6-2/h7-8,10,15,17H,5-6,9,11H2,1-4H3. The number of nitrogens with one attached hydrogen (secondary N) is 1. The van der Waals surface area contributed by atoms with Crippen LogP contribution in [0.15, 0.2) is 22.6 Å². The van der Waals surface area contributed by atoms with Gasteiger partial charge in [-0.3, -0.25) is 4.68 Å². The van der Waals surface area contributed by atoms with Crippen LogP contribution in [0.4, 0.5) is 0 Å². The van der Waals surface area contributed by atoms with E-state index in [0.717, 1.165) is 43.1 Å². The minimum absolute atomic E-state index is 0.213. The predicted octanol–water partition coefficient (Wildman–Crippen LogP) is 3.40. The number of hydrogen-bond acceptors (Lipinski definition) is 3. The fourth-order valence-corrected chi connectivity index (χ4v) is 2.48. The van der Waals surface area contributed by atoms with Crippen molar-refractivity contribution in [3.63, 3.8) is 0 Å². The molecule has 2 heterocycles. The number of aromatic nitrogens is 2. The molecule has 1 N–H and O–H groups in total. The smallest absolute Gasteiger partial charge is 0.121 e. The van der Waals surface area contributed by atoms with Crippen molar-refractivity contribution < 1.29 is 4.42 Å². The monoisotopic (exact) mass is 275 g/mol. The summed E-state index contributed by atoms with van der Waals surface area (Å²) in [4.78, 5) is 0. The SMILES string of the molecule is CCCNC(Cc1cc(C)nn1CC)c1ccc(C)o1. The molecule has 2 rings (SSSR count). The fraction of sp³-hybridized carbons (Fsp3) is 0.562. The number of aryl methyl sites for hydroxylation is 3. The number of nitrogens with zero attached hydrogens (tertiary/aromatic N) is 2. The number of furan rings is 1. The Morgan fingerprint density at radius 1 is 1.30 bits per heavy atom. The van der Waals surface area contributed by atoms with Crippen LogP contribution in [0.1, 0.15) is 49.2 Å². The molecule has 0 amide bonds. The van der Waals surface area contributed by atoms with Crippen LogP contribution in [0.3, 0.4) is 0 Å². The van der Waals surface area contributed by atoms with Gasteiger partial charge >= 0.3 is 0 Å². The molecule has 0 spiro atoms. The summed E-state index contributed by atoms with van der Waals surface area (Å²) in [6.45, 7) is 10.2. The lowest BCUT2D eigenvalue weighted by Crippen LogP contribution is -2.24. The van der Waals surface area contributed by atoms with Crippen molar-refractivity contribution in [2.24, 2.45) is 0 Å². The highest BCUT2D eigenvalue weighted by atomic mass is 16.3. The normalized spacial score (nSPS) is 12.8. The van der Waals surface area contributed by atoms with Crippen LogP contribution in [0, 0.1) is 13.8 Å². The van der Waals surface area contributed by atoms with Crippen molar-refractivity contribution in [1.82, 2.24) is 15.1 Å². The Morgan fingerprint density at radius 3 is 2.70 bits per heavy atom. The van der Waals surface area contributed by atoms with Crippen LogP contribution >= 0.6 is 0 Å². The molecule has 1 unspecified atom stereocenters. The Morgan fingerprint density at radius 2 is 2.10 bits per heavy atom. The maximum absolute atomic E-state index is 5.80. The van der Waals surface area contributed by atoms with E-state index in [1.807, 2.05) is 19.9 Å². The lowest BCUT2D eigenvalue weighted by atomic mass is 10.1. The molecule has 0 bridgehead atoms. The second-order valence-corrected chi connectivity index (χ2v) is 5.25. The summed E-state index contributed by atoms with van der Waals surface area (Å²) in [6, 6.07) is 6.48. The maximum Gasteiger partial charge on any atom is 0.121 e. The lowest BCUT2D eigenvalue weighted by molar-refractivity contribution is 0.392. The average molecular weight is 275 g/mol. The minimum Gasteiger partial charge on any atom is -0.465 e. The van der Waals surface area contributed by atoms with Gasteiger partial charge in [0.25, 0.3) is 0 Å². The molecule has 2 aromatic rings. The first-order valence-corrected chi connectivity index (χ1v) is 7.47. The Kier molecular flexibility index (Phi) is 5.01. The molecule has 2 aromatic heterocycles. The second-order valence-electron chi connectivity index (χ2n) is 5.25. The van der Waals surface area contributed by atoms with Gasteiger partial charge in [0.05, 0.1) is 11.7 Å². The first-order valence-electron chi connectivity index (χ1n) is 7.47. The number of rotatable bonds is 7. The number of hydrogen-bond donors (Lipinski definition) is 1. The third kappa shape index (κ3) is 3.51. The largest absolute Gasteiger partial charge is 0.465 e. The highest BCUT2D eigenvalue weighted by Gasteiger charge is 2.17. The van der Waals surface area contributed by atoms with E-state index in [0.29, 0.717) is 0 Å². The second kappa shape index (κ2) is 6.75. The van der Waals surface area contributed by atoms with E-state index in [-0.39, 0.29) is 6.04 Å². The van der Waals surface area contributed by atoms with Gasteiger partial charge in [0.2, 0.25) is 0 Å². The summed E-state index contributed by atoms with van der Waals surface area (Å²) in [7, 11) is 0. The topological polar surface area (TPSA) is 43.0 Å². The van der Waals surface area contributed by atoms with Crippen LogP contribution in [0.25, 0.3) is 0 Å². The molecule has 0 aliphatic heterocycles. The van der Waals surface area contributed by atoms with Gasteiger partial charge in [-0.1, -0.05) is 6.92 Å². The summed E-state index contributed by atoms with van der Waals surface area (Å²) in [5.41, 5.74) is 2.33. The summed E-state index contributed by atoms with van der Waals surface area (Å²) in [5, 5.41) is 8.09. The van der Waals surface area contributed by atoms with Gasteiger partial charge in [0.1, 0.15) is 11.5 Å². The molecule has 0 saturated carbocycles. The zero-order chi connectivity index (χ0) is 14.5.